The monoisotopic (exact) mass is 344 g/mol. The largest absolute Gasteiger partial charge is 0.206 e. The van der Waals surface area contributed by atoms with E-state index in [-0.39, 0.29) is 5.82 Å². The predicted molar refractivity (Wildman–Crippen MR) is 78.7 cm³/mol. The minimum Gasteiger partial charge on any atom is -0.206 e. The molecule has 0 N–H and O–H groups in total. The molecule has 0 amide bonds. The molecular formula is C15H18FI. The number of allylic oxidation sites excluding steroid dienone is 2. The number of halogens is 2. The molecule has 0 radical (unpaired) electrons. The Balaban J connectivity index is 2.05. The highest BCUT2D eigenvalue weighted by molar-refractivity contribution is 14.1. The Hall–Kier alpha value is -0.380. The van der Waals surface area contributed by atoms with Crippen molar-refractivity contribution in [3.8, 4) is 0 Å². The highest BCUT2D eigenvalue weighted by Crippen LogP contribution is 2.36. The molecule has 0 aromatic heterocycles. The molecule has 0 nitrogen and oxygen atoms in total. The second-order valence-electron chi connectivity index (χ2n) is 4.72. The van der Waals surface area contributed by atoms with Gasteiger partial charge in [0.05, 0.1) is 0 Å². The van der Waals surface area contributed by atoms with E-state index in [0.29, 0.717) is 9.49 Å². The van der Waals surface area contributed by atoms with E-state index in [0.717, 1.165) is 6.42 Å². The molecule has 0 aliphatic heterocycles. The minimum atomic E-state index is -0.0713. The van der Waals surface area contributed by atoms with E-state index in [4.69, 9.17) is 0 Å². The van der Waals surface area contributed by atoms with Crippen LogP contribution in [0.4, 0.5) is 4.39 Å². The van der Waals surface area contributed by atoms with Crippen LogP contribution in [-0.2, 0) is 0 Å². The van der Waals surface area contributed by atoms with Gasteiger partial charge in [-0.25, -0.2) is 4.39 Å². The van der Waals surface area contributed by atoms with Gasteiger partial charge in [0, 0.05) is 3.57 Å². The Kier molecular flexibility index (Phi) is 4.60. The Labute approximate surface area is 116 Å². The van der Waals surface area contributed by atoms with Crippen LogP contribution >= 0.6 is 22.6 Å². The summed E-state index contributed by atoms with van der Waals surface area (Å²) in [5.41, 5.74) is 2.77. The van der Waals surface area contributed by atoms with E-state index >= 15 is 0 Å². The molecule has 0 unspecified atom stereocenters. The molecule has 1 saturated carbocycles. The normalized spacial score (nSPS) is 20.4. The summed E-state index contributed by atoms with van der Waals surface area (Å²) in [6, 6.07) is 5.70. The first-order chi connectivity index (χ1) is 8.20. The highest BCUT2D eigenvalue weighted by atomic mass is 127. The Morgan fingerprint density at radius 3 is 2.65 bits per heavy atom. The van der Waals surface area contributed by atoms with Gasteiger partial charge in [0.15, 0.2) is 0 Å². The highest BCUT2D eigenvalue weighted by Gasteiger charge is 2.18. The van der Waals surface area contributed by atoms with Crippen molar-refractivity contribution in [3.63, 3.8) is 0 Å². The number of hydrogen-bond donors (Lipinski definition) is 0. The van der Waals surface area contributed by atoms with E-state index in [2.05, 4.69) is 19.1 Å². The van der Waals surface area contributed by atoms with Gasteiger partial charge < -0.3 is 0 Å². The molecule has 0 spiro atoms. The number of hydrogen-bond acceptors (Lipinski definition) is 0. The molecule has 1 aromatic carbocycles. The maximum atomic E-state index is 13.5. The summed E-state index contributed by atoms with van der Waals surface area (Å²) in [4.78, 5) is 0. The first-order valence-corrected chi connectivity index (χ1v) is 7.41. The van der Waals surface area contributed by atoms with Crippen LogP contribution < -0.4 is 0 Å². The summed E-state index contributed by atoms with van der Waals surface area (Å²) >= 11 is 2.04. The van der Waals surface area contributed by atoms with E-state index in [1.54, 1.807) is 11.6 Å². The van der Waals surface area contributed by atoms with Gasteiger partial charge in [-0.15, -0.1) is 0 Å². The summed E-state index contributed by atoms with van der Waals surface area (Å²) in [7, 11) is 0. The minimum absolute atomic E-state index is 0.0713. The quantitative estimate of drug-likeness (QED) is 0.496. The Morgan fingerprint density at radius 2 is 2.06 bits per heavy atom. The Morgan fingerprint density at radius 1 is 1.35 bits per heavy atom. The van der Waals surface area contributed by atoms with E-state index in [1.807, 2.05) is 28.7 Å². The van der Waals surface area contributed by atoms with Gasteiger partial charge in [0.2, 0.25) is 0 Å². The number of rotatable bonds is 2. The second-order valence-corrected chi connectivity index (χ2v) is 5.88. The van der Waals surface area contributed by atoms with Gasteiger partial charge in [-0.05, 0) is 78.3 Å². The molecule has 1 aliphatic rings. The summed E-state index contributed by atoms with van der Waals surface area (Å²) in [5.74, 6) is 0.480. The lowest BCUT2D eigenvalue weighted by Crippen LogP contribution is -2.07. The van der Waals surface area contributed by atoms with Gasteiger partial charge in [0.1, 0.15) is 5.82 Å². The van der Waals surface area contributed by atoms with Crippen LogP contribution in [-0.4, -0.2) is 0 Å². The summed E-state index contributed by atoms with van der Waals surface area (Å²) in [6.45, 7) is 2.19. The van der Waals surface area contributed by atoms with Crippen molar-refractivity contribution >= 4 is 22.6 Å². The molecule has 0 saturated heterocycles. The van der Waals surface area contributed by atoms with Crippen LogP contribution in [0.3, 0.4) is 0 Å². The average molecular weight is 344 g/mol. The van der Waals surface area contributed by atoms with Crippen molar-refractivity contribution in [2.24, 2.45) is 0 Å². The van der Waals surface area contributed by atoms with E-state index < -0.39 is 0 Å². The third-order valence-electron chi connectivity index (χ3n) is 3.54. The first-order valence-electron chi connectivity index (χ1n) is 6.33. The Bertz CT molecular complexity index is 413. The summed E-state index contributed by atoms with van der Waals surface area (Å²) < 4.78 is 14.2. The third-order valence-corrected chi connectivity index (χ3v) is 4.41. The van der Waals surface area contributed by atoms with Crippen molar-refractivity contribution in [2.45, 2.75) is 44.9 Å². The molecule has 2 heteroatoms. The topological polar surface area (TPSA) is 0 Å². The van der Waals surface area contributed by atoms with Gasteiger partial charge in [-0.3, -0.25) is 0 Å². The maximum Gasteiger partial charge on any atom is 0.136 e. The molecule has 0 bridgehead atoms. The van der Waals surface area contributed by atoms with E-state index in [9.17, 15) is 4.39 Å². The molecule has 92 valence electrons. The fraction of sp³-hybridized carbons (Fsp3) is 0.467. The fourth-order valence-electron chi connectivity index (χ4n) is 2.58. The zero-order valence-corrected chi connectivity index (χ0v) is 12.3. The lowest BCUT2D eigenvalue weighted by Gasteiger charge is -2.24. The van der Waals surface area contributed by atoms with Crippen molar-refractivity contribution in [3.05, 3.63) is 44.8 Å². The predicted octanol–water partition coefficient (Wildman–Crippen LogP) is 5.42. The van der Waals surface area contributed by atoms with Crippen LogP contribution in [0.1, 0.15) is 50.5 Å². The maximum absolute atomic E-state index is 13.5. The smallest absolute Gasteiger partial charge is 0.136 e. The molecular weight excluding hydrogens is 326 g/mol. The van der Waals surface area contributed by atoms with Crippen LogP contribution in [0.25, 0.3) is 0 Å². The van der Waals surface area contributed by atoms with Crippen LogP contribution in [0, 0.1) is 9.39 Å². The molecule has 1 aliphatic carbocycles. The SMILES string of the molecule is CCC=C1CCC(c2ccc(I)c(F)c2)CC1. The summed E-state index contributed by atoms with van der Waals surface area (Å²) in [6.07, 6.45) is 8.21. The fourth-order valence-corrected chi connectivity index (χ4v) is 2.92. The molecule has 17 heavy (non-hydrogen) atoms. The average Bonchev–Trinajstić information content (AvgIpc) is 2.34. The second kappa shape index (κ2) is 5.98. The molecule has 2 rings (SSSR count). The van der Waals surface area contributed by atoms with Crippen molar-refractivity contribution in [2.75, 3.05) is 0 Å². The molecule has 0 atom stereocenters. The number of benzene rings is 1. The van der Waals surface area contributed by atoms with E-state index in [1.165, 1.54) is 31.2 Å². The van der Waals surface area contributed by atoms with Gasteiger partial charge in [-0.2, -0.15) is 0 Å². The van der Waals surface area contributed by atoms with Crippen LogP contribution in [0.15, 0.2) is 29.8 Å². The first kappa shape index (κ1) is 13.1. The summed E-state index contributed by atoms with van der Waals surface area (Å²) in [5, 5.41) is 0. The van der Waals surface area contributed by atoms with Gasteiger partial charge >= 0.3 is 0 Å². The standard InChI is InChI=1S/C15H18FI/c1-2-3-11-4-6-12(7-5-11)13-8-9-15(17)14(16)10-13/h3,8-10,12H,2,4-7H2,1H3. The van der Waals surface area contributed by atoms with Gasteiger partial charge in [0.25, 0.3) is 0 Å². The molecule has 1 aromatic rings. The van der Waals surface area contributed by atoms with Crippen molar-refractivity contribution in [1.29, 1.82) is 0 Å². The third kappa shape index (κ3) is 3.30. The molecule has 0 heterocycles. The zero-order chi connectivity index (χ0) is 12.3. The van der Waals surface area contributed by atoms with Gasteiger partial charge in [-0.1, -0.05) is 24.6 Å². The zero-order valence-electron chi connectivity index (χ0n) is 10.2. The lowest BCUT2D eigenvalue weighted by molar-refractivity contribution is 0.511. The lowest BCUT2D eigenvalue weighted by atomic mass is 9.81. The van der Waals surface area contributed by atoms with Crippen molar-refractivity contribution in [1.82, 2.24) is 0 Å². The van der Waals surface area contributed by atoms with Crippen molar-refractivity contribution < 1.29 is 4.39 Å². The van der Waals surface area contributed by atoms with Crippen LogP contribution in [0.2, 0.25) is 0 Å². The van der Waals surface area contributed by atoms with Crippen LogP contribution in [0.5, 0.6) is 0 Å². The molecule has 1 fully saturated rings.